The van der Waals surface area contributed by atoms with E-state index in [0.717, 1.165) is 48.2 Å². The molecule has 0 radical (unpaired) electrons. The standard InChI is InChI=1S/C29H34ClN5O/c1-4-19-14-29(15-19,27-33-32-18-34(27)3)22-6-5-7-23(13-22)35(28(2)11-10-25(28)30)17-20-8-9-21-16-31-26(36)24(21)12-20/h5-9,12-13,18-19,25H,4,10-11,14-17H2,1-3H3,(H,31,36). The zero-order valence-corrected chi connectivity index (χ0v) is 22.1. The van der Waals surface area contributed by atoms with Crippen LogP contribution in [0.3, 0.4) is 0 Å². The zero-order chi connectivity index (χ0) is 25.1. The molecule has 7 heteroatoms. The summed E-state index contributed by atoms with van der Waals surface area (Å²) in [5.74, 6) is 1.77. The highest BCUT2D eigenvalue weighted by molar-refractivity contribution is 6.22. The molecule has 0 saturated heterocycles. The minimum absolute atomic E-state index is 0.0200. The Morgan fingerprint density at radius 1 is 1.22 bits per heavy atom. The number of rotatable bonds is 7. The maximum Gasteiger partial charge on any atom is 0.251 e. The van der Waals surface area contributed by atoms with Crippen LogP contribution in [0.2, 0.25) is 0 Å². The number of anilines is 1. The Bertz CT molecular complexity index is 1310. The average Bonchev–Trinajstić information content (AvgIpc) is 3.46. The predicted octanol–water partition coefficient (Wildman–Crippen LogP) is 5.33. The highest BCUT2D eigenvalue weighted by atomic mass is 35.5. The van der Waals surface area contributed by atoms with Gasteiger partial charge in [-0.25, -0.2) is 0 Å². The minimum Gasteiger partial charge on any atom is -0.360 e. The molecular formula is C29H34ClN5O. The average molecular weight is 504 g/mol. The number of aromatic nitrogens is 3. The van der Waals surface area contributed by atoms with Crippen LogP contribution < -0.4 is 10.2 Å². The second-order valence-electron chi connectivity index (χ2n) is 11.2. The maximum atomic E-state index is 12.3. The van der Waals surface area contributed by atoms with Gasteiger partial charge in [0.05, 0.1) is 16.3 Å². The molecule has 2 aromatic carbocycles. The Kier molecular flexibility index (Phi) is 5.63. The van der Waals surface area contributed by atoms with E-state index in [0.29, 0.717) is 19.0 Å². The van der Waals surface area contributed by atoms with Gasteiger partial charge < -0.3 is 14.8 Å². The van der Waals surface area contributed by atoms with Crippen LogP contribution in [-0.4, -0.2) is 31.6 Å². The van der Waals surface area contributed by atoms with Crippen LogP contribution in [0.5, 0.6) is 0 Å². The van der Waals surface area contributed by atoms with Crippen LogP contribution in [0.25, 0.3) is 0 Å². The lowest BCUT2D eigenvalue weighted by Crippen LogP contribution is -2.59. The maximum absolute atomic E-state index is 12.3. The van der Waals surface area contributed by atoms with E-state index in [2.05, 4.69) is 81.3 Å². The molecule has 6 nitrogen and oxygen atoms in total. The van der Waals surface area contributed by atoms with Gasteiger partial charge in [-0.05, 0) is 73.4 Å². The summed E-state index contributed by atoms with van der Waals surface area (Å²) < 4.78 is 2.08. The van der Waals surface area contributed by atoms with E-state index in [-0.39, 0.29) is 22.2 Å². The van der Waals surface area contributed by atoms with Crippen molar-refractivity contribution in [2.45, 2.75) is 75.4 Å². The van der Waals surface area contributed by atoms with Crippen molar-refractivity contribution in [3.63, 3.8) is 0 Å². The van der Waals surface area contributed by atoms with Crippen molar-refractivity contribution in [3.05, 3.63) is 76.9 Å². The summed E-state index contributed by atoms with van der Waals surface area (Å²) in [4.78, 5) is 14.8. The molecule has 1 amide bonds. The summed E-state index contributed by atoms with van der Waals surface area (Å²) in [6.07, 6.45) is 7.24. The Balaban J connectivity index is 1.39. The molecule has 1 N–H and O–H groups in total. The summed E-state index contributed by atoms with van der Waals surface area (Å²) in [7, 11) is 2.05. The molecule has 2 heterocycles. The predicted molar refractivity (Wildman–Crippen MR) is 142 cm³/mol. The fourth-order valence-corrected chi connectivity index (χ4v) is 6.87. The number of nitrogens with zero attached hydrogens (tertiary/aromatic N) is 4. The second kappa shape index (κ2) is 8.62. The first-order chi connectivity index (χ1) is 17.3. The summed E-state index contributed by atoms with van der Waals surface area (Å²) in [5.41, 5.74) is 5.21. The van der Waals surface area contributed by atoms with E-state index in [1.165, 1.54) is 17.7 Å². The highest BCUT2D eigenvalue weighted by Gasteiger charge is 2.50. The fourth-order valence-electron chi connectivity index (χ4n) is 6.53. The third kappa shape index (κ3) is 3.56. The molecular weight excluding hydrogens is 470 g/mol. The van der Waals surface area contributed by atoms with E-state index in [9.17, 15) is 4.79 Å². The van der Waals surface area contributed by atoms with Gasteiger partial charge in [-0.15, -0.1) is 21.8 Å². The van der Waals surface area contributed by atoms with Gasteiger partial charge in [0.15, 0.2) is 0 Å². The summed E-state index contributed by atoms with van der Waals surface area (Å²) in [6, 6.07) is 15.3. The fraction of sp³-hybridized carbons (Fsp3) is 0.483. The van der Waals surface area contributed by atoms with Crippen molar-refractivity contribution >= 4 is 23.2 Å². The topological polar surface area (TPSA) is 63.1 Å². The van der Waals surface area contributed by atoms with Crippen molar-refractivity contribution < 1.29 is 4.79 Å². The second-order valence-corrected chi connectivity index (χ2v) is 11.7. The van der Waals surface area contributed by atoms with E-state index in [1.54, 1.807) is 0 Å². The molecule has 1 aliphatic heterocycles. The van der Waals surface area contributed by atoms with Crippen LogP contribution in [0, 0.1) is 5.92 Å². The minimum atomic E-state index is -0.148. The van der Waals surface area contributed by atoms with Crippen LogP contribution in [0.15, 0.2) is 48.8 Å². The Morgan fingerprint density at radius 3 is 2.72 bits per heavy atom. The number of alkyl halides is 1. The van der Waals surface area contributed by atoms with E-state index >= 15 is 0 Å². The smallest absolute Gasteiger partial charge is 0.251 e. The lowest BCUT2D eigenvalue weighted by atomic mass is 9.57. The Hall–Kier alpha value is -2.86. The molecule has 3 aliphatic rings. The molecule has 2 atom stereocenters. The molecule has 36 heavy (non-hydrogen) atoms. The molecule has 188 valence electrons. The normalized spacial score (nSPS) is 28.7. The Labute approximate surface area is 218 Å². The van der Waals surface area contributed by atoms with Crippen molar-refractivity contribution in [2.24, 2.45) is 13.0 Å². The molecule has 0 spiro atoms. The number of amides is 1. The largest absolute Gasteiger partial charge is 0.360 e. The molecule has 1 aromatic heterocycles. The van der Waals surface area contributed by atoms with E-state index < -0.39 is 0 Å². The SMILES string of the molecule is CCC1CC(c2cccc(N(Cc3ccc4c(c3)C(=O)NC4)C3(C)CCC3Cl)c2)(c2nncn2C)C1. The van der Waals surface area contributed by atoms with Gasteiger partial charge >= 0.3 is 0 Å². The van der Waals surface area contributed by atoms with Crippen LogP contribution >= 0.6 is 11.6 Å². The molecule has 2 unspecified atom stereocenters. The molecule has 2 saturated carbocycles. The van der Waals surface area contributed by atoms with Gasteiger partial charge in [-0.2, -0.15) is 0 Å². The molecule has 3 aromatic rings. The molecule has 0 bridgehead atoms. The van der Waals surface area contributed by atoms with Gasteiger partial charge in [0.25, 0.3) is 5.91 Å². The third-order valence-electron chi connectivity index (χ3n) is 9.10. The van der Waals surface area contributed by atoms with Crippen molar-refractivity contribution in [3.8, 4) is 0 Å². The monoisotopic (exact) mass is 503 g/mol. The van der Waals surface area contributed by atoms with Crippen LogP contribution in [0.4, 0.5) is 5.69 Å². The summed E-state index contributed by atoms with van der Waals surface area (Å²) >= 11 is 6.86. The summed E-state index contributed by atoms with van der Waals surface area (Å²) in [5, 5.41) is 11.8. The van der Waals surface area contributed by atoms with Crippen molar-refractivity contribution in [2.75, 3.05) is 4.90 Å². The number of hydrogen-bond acceptors (Lipinski definition) is 4. The quantitative estimate of drug-likeness (QED) is 0.442. The van der Waals surface area contributed by atoms with Gasteiger partial charge in [0.1, 0.15) is 12.2 Å². The third-order valence-corrected chi connectivity index (χ3v) is 9.78. The number of nitrogens with one attached hydrogen (secondary N) is 1. The number of benzene rings is 2. The Morgan fingerprint density at radius 2 is 2.06 bits per heavy atom. The molecule has 2 aliphatic carbocycles. The van der Waals surface area contributed by atoms with Gasteiger partial charge in [-0.3, -0.25) is 4.79 Å². The van der Waals surface area contributed by atoms with Crippen molar-refractivity contribution in [1.82, 2.24) is 20.1 Å². The molecule has 6 rings (SSSR count). The first-order valence-electron chi connectivity index (χ1n) is 13.1. The number of halogens is 1. The number of fused-ring (bicyclic) bond motifs is 1. The first kappa shape index (κ1) is 23.5. The van der Waals surface area contributed by atoms with Gasteiger partial charge in [0, 0.05) is 31.4 Å². The van der Waals surface area contributed by atoms with Gasteiger partial charge in [-0.1, -0.05) is 37.6 Å². The summed E-state index contributed by atoms with van der Waals surface area (Å²) in [6.45, 7) is 5.87. The van der Waals surface area contributed by atoms with Crippen LogP contribution in [-0.2, 0) is 25.6 Å². The first-order valence-corrected chi connectivity index (χ1v) is 13.5. The number of carbonyl (C=O) groups excluding carboxylic acids is 1. The van der Waals surface area contributed by atoms with Crippen molar-refractivity contribution in [1.29, 1.82) is 0 Å². The number of carbonyl (C=O) groups is 1. The van der Waals surface area contributed by atoms with Gasteiger partial charge in [0.2, 0.25) is 0 Å². The lowest BCUT2D eigenvalue weighted by Gasteiger charge is -2.53. The zero-order valence-electron chi connectivity index (χ0n) is 21.3. The number of hydrogen-bond donors (Lipinski definition) is 1. The lowest BCUT2D eigenvalue weighted by molar-refractivity contribution is 0.0965. The van der Waals surface area contributed by atoms with E-state index in [1.807, 2.05) is 13.4 Å². The van der Waals surface area contributed by atoms with Crippen LogP contribution in [0.1, 0.15) is 78.8 Å². The van der Waals surface area contributed by atoms with E-state index in [4.69, 9.17) is 11.6 Å². The highest BCUT2D eigenvalue weighted by Crippen LogP contribution is 2.54. The molecule has 2 fully saturated rings. The number of aryl methyl sites for hydroxylation is 1.